The van der Waals surface area contributed by atoms with E-state index in [-0.39, 0.29) is 16.4 Å². The van der Waals surface area contributed by atoms with Crippen molar-refractivity contribution in [2.45, 2.75) is 12.5 Å². The van der Waals surface area contributed by atoms with Gasteiger partial charge in [-0.25, -0.2) is 4.98 Å². The monoisotopic (exact) mass is 348 g/mol. The second kappa shape index (κ2) is 6.82. The van der Waals surface area contributed by atoms with E-state index in [1.54, 1.807) is 0 Å². The summed E-state index contributed by atoms with van der Waals surface area (Å²) in [6.07, 6.45) is -7.34. The number of alkyl halides is 4. The van der Waals surface area contributed by atoms with Gasteiger partial charge in [-0.2, -0.15) is 17.6 Å². The Bertz CT molecular complexity index is 713. The lowest BCUT2D eigenvalue weighted by Gasteiger charge is -2.19. The van der Waals surface area contributed by atoms with Gasteiger partial charge in [0.05, 0.1) is 11.3 Å². The summed E-state index contributed by atoms with van der Waals surface area (Å²) in [6, 6.07) is 7.77. The molecule has 0 aliphatic rings. The molecule has 1 aromatic carbocycles. The van der Waals surface area contributed by atoms with Crippen LogP contribution in [0.4, 0.5) is 23.2 Å². The lowest BCUT2D eigenvalue weighted by molar-refractivity contribution is -0.252. The van der Waals surface area contributed by atoms with Crippen molar-refractivity contribution < 1.29 is 27.1 Å². The molecule has 0 bridgehead atoms. The maximum atomic E-state index is 13.0. The SMILES string of the molecule is O=C(Nc1ccccc1OC(F)(F)C(F)F)c1cccnc1Cl. The molecular formula is C14H9ClF4N2O2. The summed E-state index contributed by atoms with van der Waals surface area (Å²) in [5.41, 5.74) is -0.220. The maximum absolute atomic E-state index is 13.0. The van der Waals surface area contributed by atoms with Crippen molar-refractivity contribution in [3.63, 3.8) is 0 Å². The number of carbonyl (C=O) groups is 1. The van der Waals surface area contributed by atoms with E-state index in [1.807, 2.05) is 0 Å². The van der Waals surface area contributed by atoms with Crippen LogP contribution in [0.25, 0.3) is 0 Å². The smallest absolute Gasteiger partial charge is 0.426 e. The van der Waals surface area contributed by atoms with E-state index >= 15 is 0 Å². The fourth-order valence-electron chi connectivity index (χ4n) is 1.60. The molecule has 0 atom stereocenters. The number of nitrogens with one attached hydrogen (secondary N) is 1. The zero-order valence-corrected chi connectivity index (χ0v) is 12.0. The van der Waals surface area contributed by atoms with Gasteiger partial charge < -0.3 is 10.1 Å². The lowest BCUT2D eigenvalue weighted by Crippen LogP contribution is -2.33. The van der Waals surface area contributed by atoms with Gasteiger partial charge in [0, 0.05) is 6.20 Å². The summed E-state index contributed by atoms with van der Waals surface area (Å²) in [5.74, 6) is -1.36. The molecule has 122 valence electrons. The minimum absolute atomic E-state index is 0.00964. The first-order valence-electron chi connectivity index (χ1n) is 6.17. The molecule has 0 unspecified atom stereocenters. The maximum Gasteiger partial charge on any atom is 0.461 e. The van der Waals surface area contributed by atoms with Gasteiger partial charge in [-0.3, -0.25) is 4.79 Å². The van der Waals surface area contributed by atoms with E-state index in [9.17, 15) is 22.4 Å². The molecule has 0 radical (unpaired) electrons. The van der Waals surface area contributed by atoms with Gasteiger partial charge in [0.25, 0.3) is 5.91 Å². The normalized spacial score (nSPS) is 11.4. The molecule has 0 saturated carbocycles. The first-order valence-corrected chi connectivity index (χ1v) is 6.55. The number of benzene rings is 1. The van der Waals surface area contributed by atoms with Gasteiger partial charge in [0.15, 0.2) is 0 Å². The molecule has 1 heterocycles. The van der Waals surface area contributed by atoms with Crippen LogP contribution in [0.1, 0.15) is 10.4 Å². The summed E-state index contributed by atoms with van der Waals surface area (Å²) in [4.78, 5) is 15.8. The number of ether oxygens (including phenoxy) is 1. The lowest BCUT2D eigenvalue weighted by atomic mass is 10.2. The molecule has 0 aliphatic carbocycles. The summed E-state index contributed by atoms with van der Waals surface area (Å²) in [6.45, 7) is 0. The van der Waals surface area contributed by atoms with Gasteiger partial charge >= 0.3 is 12.5 Å². The highest BCUT2D eigenvalue weighted by Gasteiger charge is 2.44. The quantitative estimate of drug-likeness (QED) is 0.650. The van der Waals surface area contributed by atoms with Gasteiger partial charge in [-0.1, -0.05) is 23.7 Å². The number of amides is 1. The first kappa shape index (κ1) is 17.0. The molecule has 23 heavy (non-hydrogen) atoms. The van der Waals surface area contributed by atoms with Crippen molar-refractivity contribution in [2.75, 3.05) is 5.32 Å². The fourth-order valence-corrected chi connectivity index (χ4v) is 1.80. The van der Waals surface area contributed by atoms with E-state index < -0.39 is 24.2 Å². The topological polar surface area (TPSA) is 51.2 Å². The van der Waals surface area contributed by atoms with E-state index in [2.05, 4.69) is 15.0 Å². The Morgan fingerprint density at radius 1 is 1.22 bits per heavy atom. The average Bonchev–Trinajstić information content (AvgIpc) is 2.49. The number of pyridine rings is 1. The van der Waals surface area contributed by atoms with Crippen LogP contribution in [0.15, 0.2) is 42.6 Å². The number of rotatable bonds is 5. The molecule has 4 nitrogen and oxygen atoms in total. The molecule has 0 saturated heterocycles. The third-order valence-electron chi connectivity index (χ3n) is 2.64. The van der Waals surface area contributed by atoms with Crippen LogP contribution in [0.2, 0.25) is 5.15 Å². The van der Waals surface area contributed by atoms with E-state index in [0.29, 0.717) is 0 Å². The Hall–Kier alpha value is -2.35. The molecule has 0 spiro atoms. The van der Waals surface area contributed by atoms with E-state index in [1.165, 1.54) is 36.5 Å². The molecule has 9 heteroatoms. The van der Waals surface area contributed by atoms with Crippen LogP contribution >= 0.6 is 11.6 Å². The van der Waals surface area contributed by atoms with Crippen molar-refractivity contribution in [1.29, 1.82) is 0 Å². The molecule has 1 aromatic heterocycles. The number of para-hydroxylation sites is 2. The van der Waals surface area contributed by atoms with Gasteiger partial charge in [0.2, 0.25) is 0 Å². The summed E-state index contributed by atoms with van der Waals surface area (Å²) in [7, 11) is 0. The second-order valence-corrected chi connectivity index (χ2v) is 4.61. The minimum atomic E-state index is -4.69. The largest absolute Gasteiger partial charge is 0.461 e. The van der Waals surface area contributed by atoms with Crippen LogP contribution in [0.5, 0.6) is 5.75 Å². The Balaban J connectivity index is 2.24. The van der Waals surface area contributed by atoms with Gasteiger partial charge in [-0.05, 0) is 24.3 Å². The molecule has 2 rings (SSSR count). The summed E-state index contributed by atoms with van der Waals surface area (Å²) in [5, 5.41) is 2.17. The summed E-state index contributed by atoms with van der Waals surface area (Å²) < 4.78 is 54.5. The number of aromatic nitrogens is 1. The highest BCUT2D eigenvalue weighted by Crippen LogP contribution is 2.32. The van der Waals surface area contributed by atoms with Crippen molar-refractivity contribution in [3.8, 4) is 5.75 Å². The van der Waals surface area contributed by atoms with Crippen molar-refractivity contribution in [1.82, 2.24) is 4.98 Å². The van der Waals surface area contributed by atoms with Gasteiger partial charge in [-0.15, -0.1) is 0 Å². The number of nitrogens with zero attached hydrogens (tertiary/aromatic N) is 1. The Morgan fingerprint density at radius 3 is 2.57 bits per heavy atom. The van der Waals surface area contributed by atoms with Crippen LogP contribution in [0.3, 0.4) is 0 Å². The zero-order chi connectivity index (χ0) is 17.0. The molecular weight excluding hydrogens is 340 g/mol. The van der Waals surface area contributed by atoms with Gasteiger partial charge in [0.1, 0.15) is 10.9 Å². The number of anilines is 1. The molecule has 1 N–H and O–H groups in total. The van der Waals surface area contributed by atoms with E-state index in [0.717, 1.165) is 6.07 Å². The number of hydrogen-bond donors (Lipinski definition) is 1. The highest BCUT2D eigenvalue weighted by atomic mass is 35.5. The minimum Gasteiger partial charge on any atom is -0.426 e. The third kappa shape index (κ3) is 4.10. The number of halogens is 5. The van der Waals surface area contributed by atoms with Crippen LogP contribution in [-0.4, -0.2) is 23.4 Å². The third-order valence-corrected chi connectivity index (χ3v) is 2.94. The highest BCUT2D eigenvalue weighted by molar-refractivity contribution is 6.33. The number of hydrogen-bond acceptors (Lipinski definition) is 3. The van der Waals surface area contributed by atoms with Crippen LogP contribution < -0.4 is 10.1 Å². The first-order chi connectivity index (χ1) is 10.8. The van der Waals surface area contributed by atoms with Crippen molar-refractivity contribution >= 4 is 23.2 Å². The Kier molecular flexibility index (Phi) is 5.05. The number of carbonyl (C=O) groups excluding carboxylic acids is 1. The average molecular weight is 349 g/mol. The van der Waals surface area contributed by atoms with Crippen LogP contribution in [0, 0.1) is 0 Å². The van der Waals surface area contributed by atoms with Crippen molar-refractivity contribution in [2.24, 2.45) is 0 Å². The molecule has 0 fully saturated rings. The summed E-state index contributed by atoms with van der Waals surface area (Å²) >= 11 is 5.75. The predicted molar refractivity (Wildman–Crippen MR) is 75.2 cm³/mol. The van der Waals surface area contributed by atoms with Crippen LogP contribution in [-0.2, 0) is 0 Å². The fraction of sp³-hybridized carbons (Fsp3) is 0.143. The predicted octanol–water partition coefficient (Wildman–Crippen LogP) is 4.22. The molecule has 1 amide bonds. The zero-order valence-electron chi connectivity index (χ0n) is 11.3. The molecule has 0 aliphatic heterocycles. The standard InChI is InChI=1S/C14H9ClF4N2O2/c15-11-8(4-3-7-20-11)12(22)21-9-5-1-2-6-10(9)23-14(18,19)13(16)17/h1-7,13H,(H,21,22). The van der Waals surface area contributed by atoms with Crippen molar-refractivity contribution in [3.05, 3.63) is 53.3 Å². The van der Waals surface area contributed by atoms with E-state index in [4.69, 9.17) is 11.6 Å². The Labute approximate surface area is 133 Å². The Morgan fingerprint density at radius 2 is 1.91 bits per heavy atom. The second-order valence-electron chi connectivity index (χ2n) is 4.26. The molecule has 2 aromatic rings.